The van der Waals surface area contributed by atoms with Crippen LogP contribution in [0.3, 0.4) is 0 Å². The molecule has 0 saturated heterocycles. The van der Waals surface area contributed by atoms with Crippen molar-refractivity contribution in [1.82, 2.24) is 0 Å². The number of halogens is 1. The highest BCUT2D eigenvalue weighted by Crippen LogP contribution is 2.35. The lowest BCUT2D eigenvalue weighted by atomic mass is 9.98. The van der Waals surface area contributed by atoms with E-state index in [1.165, 1.54) is 51.7 Å². The predicted octanol–water partition coefficient (Wildman–Crippen LogP) is 12.6. The van der Waals surface area contributed by atoms with Gasteiger partial charge in [0, 0.05) is 70.6 Å². The number of esters is 2. The number of benzene rings is 8. The number of fused-ring (bicyclic) bond motifs is 1. The molecule has 0 unspecified atom stereocenters. The molecule has 3 atom stereocenters. The van der Waals surface area contributed by atoms with Crippen LogP contribution in [0.4, 0.5) is 22.7 Å². The molecule has 0 spiro atoms. The van der Waals surface area contributed by atoms with Gasteiger partial charge in [0.15, 0.2) is 6.04 Å². The van der Waals surface area contributed by atoms with Crippen molar-refractivity contribution >= 4 is 73.9 Å². The van der Waals surface area contributed by atoms with Crippen molar-refractivity contribution in [3.8, 4) is 23.0 Å². The molecule has 0 aromatic heterocycles. The maximum atomic E-state index is 13.3. The Labute approximate surface area is 592 Å². The van der Waals surface area contributed by atoms with Gasteiger partial charge in [0.25, 0.3) is 23.0 Å². The SMILES string of the molecule is CC(C)(C)OC(=O)CN=C(c1ccccc1)c1ccccc1.COc1cccc([N+](=O)[O-])c1CBr.COc1cccc([N+](=O)[O-])c1C[C@H](N)C(=O)O.COc1cccc([N+](=O)[O-])c1C[C@H](N=C(c1ccccc1)c1ccccc1)C(=O)OC(C)(C)C.COc1cccc2c1C[C@H](N)C(=O)N2O. The van der Waals surface area contributed by atoms with Crippen LogP contribution in [0.5, 0.6) is 23.0 Å². The lowest BCUT2D eigenvalue weighted by Crippen LogP contribution is -2.47. The minimum atomic E-state index is -1.22. The number of carboxylic acid groups (broad SMARTS) is 1. The van der Waals surface area contributed by atoms with Crippen molar-refractivity contribution in [2.24, 2.45) is 21.5 Å². The summed E-state index contributed by atoms with van der Waals surface area (Å²) in [7, 11) is 5.83. The highest BCUT2D eigenvalue weighted by Gasteiger charge is 2.33. The number of ether oxygens (including phenoxy) is 6. The molecular weight excluding hydrogens is 1370 g/mol. The van der Waals surface area contributed by atoms with Gasteiger partial charge in [0.1, 0.15) is 46.8 Å². The maximum Gasteiger partial charge on any atom is 0.331 e. The van der Waals surface area contributed by atoms with Gasteiger partial charge >= 0.3 is 17.9 Å². The molecule has 0 aliphatic carbocycles. The first-order valence-electron chi connectivity index (χ1n) is 31.2. The topological polar surface area (TPSA) is 374 Å². The van der Waals surface area contributed by atoms with E-state index in [1.54, 1.807) is 70.3 Å². The first kappa shape index (κ1) is 80.4. The molecule has 0 fully saturated rings. The van der Waals surface area contributed by atoms with Crippen LogP contribution in [0, 0.1) is 30.3 Å². The molecule has 532 valence electrons. The van der Waals surface area contributed by atoms with Gasteiger partial charge in [-0.05, 0) is 71.9 Å². The lowest BCUT2D eigenvalue weighted by molar-refractivity contribution is -0.385. The van der Waals surface area contributed by atoms with Gasteiger partial charge in [0.05, 0.1) is 83.1 Å². The second-order valence-electron chi connectivity index (χ2n) is 23.8. The Hall–Kier alpha value is -11.3. The predicted molar refractivity (Wildman–Crippen MR) is 386 cm³/mol. The number of nitrogens with zero attached hydrogens (tertiary/aromatic N) is 6. The van der Waals surface area contributed by atoms with Crippen molar-refractivity contribution < 1.29 is 72.7 Å². The number of rotatable bonds is 21. The van der Waals surface area contributed by atoms with Crippen LogP contribution in [0.1, 0.15) is 86.1 Å². The van der Waals surface area contributed by atoms with Gasteiger partial charge in [-0.15, -0.1) is 0 Å². The first-order valence-corrected chi connectivity index (χ1v) is 32.3. The quantitative estimate of drug-likeness (QED) is 0.0130. The number of nitro benzene ring substituents is 3. The monoisotopic (exact) mass is 1450 g/mol. The van der Waals surface area contributed by atoms with E-state index in [4.69, 9.17) is 50.0 Å². The molecule has 9 rings (SSSR count). The molecule has 8 aromatic rings. The summed E-state index contributed by atoms with van der Waals surface area (Å²) >= 11 is 3.18. The summed E-state index contributed by atoms with van der Waals surface area (Å²) < 4.78 is 31.5. The molecular formula is C74H81BrN8O18. The molecule has 101 heavy (non-hydrogen) atoms. The van der Waals surface area contributed by atoms with Crippen LogP contribution in [0.15, 0.2) is 204 Å². The number of amides is 1. The molecule has 1 aliphatic heterocycles. The Morgan fingerprint density at radius 3 is 1.30 bits per heavy atom. The van der Waals surface area contributed by atoms with Gasteiger partial charge in [-0.1, -0.05) is 162 Å². The molecule has 1 amide bonds. The fourth-order valence-electron chi connectivity index (χ4n) is 9.80. The minimum Gasteiger partial charge on any atom is -0.496 e. The molecule has 8 aromatic carbocycles. The van der Waals surface area contributed by atoms with E-state index in [9.17, 15) is 54.7 Å². The molecule has 0 saturated carbocycles. The second kappa shape index (κ2) is 38.8. The molecule has 27 heteroatoms. The second-order valence-corrected chi connectivity index (χ2v) is 24.4. The summed E-state index contributed by atoms with van der Waals surface area (Å²) in [5.74, 6) is -0.856. The summed E-state index contributed by atoms with van der Waals surface area (Å²) in [5.41, 5.74) is 16.7. The van der Waals surface area contributed by atoms with Crippen LogP contribution < -0.4 is 35.5 Å². The Balaban J connectivity index is 0.000000239. The van der Waals surface area contributed by atoms with Gasteiger partial charge in [-0.25, -0.2) is 4.79 Å². The minimum absolute atomic E-state index is 0.0103. The number of hydrogen-bond acceptors (Lipinski definition) is 21. The van der Waals surface area contributed by atoms with Crippen molar-refractivity contribution in [1.29, 1.82) is 0 Å². The average Bonchev–Trinajstić information content (AvgIpc) is 0.796. The number of methoxy groups -OCH3 is 4. The van der Waals surface area contributed by atoms with Crippen molar-refractivity contribution in [2.75, 3.05) is 40.0 Å². The molecule has 0 bridgehead atoms. The molecule has 1 heterocycles. The van der Waals surface area contributed by atoms with Crippen LogP contribution in [0.2, 0.25) is 0 Å². The lowest BCUT2D eigenvalue weighted by Gasteiger charge is -2.28. The summed E-state index contributed by atoms with van der Waals surface area (Å²) in [6.45, 7) is 10.9. The normalized spacial score (nSPS) is 12.6. The third-order valence-corrected chi connectivity index (χ3v) is 14.9. The fraction of sp³-hybridized carbons (Fsp3) is 0.270. The number of nitrogens with two attached hydrogens (primary N) is 2. The number of anilines is 1. The number of carbonyl (C=O) groups is 4. The van der Waals surface area contributed by atoms with E-state index in [0.717, 1.165) is 33.5 Å². The third-order valence-electron chi connectivity index (χ3n) is 14.3. The van der Waals surface area contributed by atoms with Gasteiger partial charge in [-0.2, -0.15) is 5.06 Å². The summed E-state index contributed by atoms with van der Waals surface area (Å²) in [4.78, 5) is 88.2. The Morgan fingerprint density at radius 2 is 0.921 bits per heavy atom. The standard InChI is InChI=1S/C27H28N2O5.C19H21NO2.C10H12N2O5.C10H12N2O3.C8H8BrNO3/c1-27(2,3)34-26(30)22(18-21-23(29(31)32)16-11-17-24(21)33-4)28-25(19-12-7-5-8-13-19)20-14-9-6-10-15-20;1-19(2,3)22-17(21)14-20-18(15-10-6-4-7-11-15)16-12-8-5-9-13-16;1-17-9-4-2-3-8(12(15)16)6(9)5-7(11)10(13)14;1-15-9-4-2-3-8-6(9)5-7(11)10(13)12(8)14;1-13-8-4-2-3-7(10(11)12)6(8)5-9/h5-17,22H,18H2,1-4H3;4-13H,14H2,1-3H3;2-4,7H,5,11H2,1H3,(H,13,14);2-4,7,14H,5,11H2,1H3;2-4H,5H2,1H3/t22-;;2*7-;/m0.00./s1. The van der Waals surface area contributed by atoms with Crippen molar-refractivity contribution in [3.05, 3.63) is 269 Å². The molecule has 1 aliphatic rings. The smallest absolute Gasteiger partial charge is 0.331 e. The van der Waals surface area contributed by atoms with Crippen molar-refractivity contribution in [2.45, 2.75) is 95.5 Å². The number of nitro groups is 3. The molecule has 26 nitrogen and oxygen atoms in total. The number of hydrogen-bond donors (Lipinski definition) is 4. The first-order chi connectivity index (χ1) is 48.0. The highest BCUT2D eigenvalue weighted by atomic mass is 79.9. The molecule has 6 N–H and O–H groups in total. The number of aliphatic carboxylic acids is 1. The van der Waals surface area contributed by atoms with Gasteiger partial charge in [0.2, 0.25) is 0 Å². The number of aliphatic imine (C=N–C) groups is 2. The summed E-state index contributed by atoms with van der Waals surface area (Å²) in [6.07, 6.45) is 0.170. The average molecular weight is 1450 g/mol. The van der Waals surface area contributed by atoms with E-state index < -0.39 is 61.9 Å². The van der Waals surface area contributed by atoms with Crippen LogP contribution in [0.25, 0.3) is 0 Å². The number of carboxylic acids is 1. The fourth-order valence-corrected chi connectivity index (χ4v) is 10.4. The zero-order chi connectivity index (χ0) is 74.6. The third kappa shape index (κ3) is 24.3. The number of alkyl halides is 1. The van der Waals surface area contributed by atoms with Gasteiger partial charge in [-0.3, -0.25) is 59.9 Å². The molecule has 0 radical (unpaired) electrons. The largest absolute Gasteiger partial charge is 0.496 e. The van der Waals surface area contributed by atoms with E-state index in [2.05, 4.69) is 20.9 Å². The number of carbonyl (C=O) groups excluding carboxylic acids is 3. The van der Waals surface area contributed by atoms with E-state index >= 15 is 0 Å². The highest BCUT2D eigenvalue weighted by molar-refractivity contribution is 9.08. The van der Waals surface area contributed by atoms with Crippen molar-refractivity contribution in [3.63, 3.8) is 0 Å². The van der Waals surface area contributed by atoms with Gasteiger partial charge < -0.3 is 45.0 Å². The van der Waals surface area contributed by atoms with E-state index in [-0.39, 0.29) is 59.3 Å². The summed E-state index contributed by atoms with van der Waals surface area (Å²) in [5, 5.41) is 52.4. The van der Waals surface area contributed by atoms with Crippen LogP contribution >= 0.6 is 15.9 Å². The zero-order valence-electron chi connectivity index (χ0n) is 57.4. The van der Waals surface area contributed by atoms with E-state index in [1.807, 2.05) is 142 Å². The summed E-state index contributed by atoms with van der Waals surface area (Å²) in [6, 6.07) is 54.5. The maximum absolute atomic E-state index is 13.3. The Bertz CT molecular complexity index is 4090. The zero-order valence-corrected chi connectivity index (χ0v) is 59.0. The Morgan fingerprint density at radius 1 is 0.554 bits per heavy atom. The Kier molecular flexibility index (Phi) is 30.9. The van der Waals surface area contributed by atoms with E-state index in [0.29, 0.717) is 51.0 Å². The number of hydroxylamine groups is 1. The van der Waals surface area contributed by atoms with Crippen LogP contribution in [-0.4, -0.2) is 125 Å². The van der Waals surface area contributed by atoms with Crippen LogP contribution in [-0.2, 0) is 53.2 Å².